The third-order valence-electron chi connectivity index (χ3n) is 3.22. The van der Waals surface area contributed by atoms with Crippen LogP contribution >= 0.6 is 23.2 Å². The Morgan fingerprint density at radius 2 is 1.79 bits per heavy atom. The Kier molecular flexibility index (Phi) is 3.76. The number of aromatic nitrogens is 5. The molecule has 8 heteroatoms. The van der Waals surface area contributed by atoms with Crippen LogP contribution in [0.3, 0.4) is 0 Å². The third kappa shape index (κ3) is 2.89. The van der Waals surface area contributed by atoms with Gasteiger partial charge < -0.3 is 4.74 Å². The Bertz CT molecular complexity index is 999. The third-order valence-corrected chi connectivity index (χ3v) is 3.65. The average Bonchev–Trinajstić information content (AvgIpc) is 2.98. The molecule has 3 heterocycles. The minimum Gasteiger partial charge on any atom is -0.436 e. The number of pyridine rings is 1. The zero-order chi connectivity index (χ0) is 16.5. The lowest BCUT2D eigenvalue weighted by atomic mass is 10.2. The van der Waals surface area contributed by atoms with Gasteiger partial charge in [0.15, 0.2) is 11.5 Å². The molecule has 6 nitrogen and oxygen atoms in total. The summed E-state index contributed by atoms with van der Waals surface area (Å²) >= 11 is 12.1. The minimum absolute atomic E-state index is 0.393. The first-order valence-corrected chi connectivity index (χ1v) is 7.71. The van der Waals surface area contributed by atoms with Gasteiger partial charge in [-0.3, -0.25) is 4.98 Å². The summed E-state index contributed by atoms with van der Waals surface area (Å²) < 4.78 is 7.27. The highest BCUT2D eigenvalue weighted by atomic mass is 35.5. The van der Waals surface area contributed by atoms with Gasteiger partial charge in [-0.2, -0.15) is 4.52 Å². The monoisotopic (exact) mass is 357 g/mol. The molecule has 4 aromatic rings. The molecule has 0 bridgehead atoms. The van der Waals surface area contributed by atoms with Gasteiger partial charge in [-0.1, -0.05) is 23.2 Å². The standard InChI is InChI=1S/C16H9Cl2N5O/c17-11-6-10(7-12(18)8-11)16-21-20-14-3-4-15(22-23(14)16)24-13-2-1-5-19-9-13/h1-9H. The molecule has 0 saturated heterocycles. The predicted molar refractivity (Wildman–Crippen MR) is 90.5 cm³/mol. The highest BCUT2D eigenvalue weighted by Gasteiger charge is 2.12. The number of hydrogen-bond acceptors (Lipinski definition) is 5. The molecule has 0 spiro atoms. The van der Waals surface area contributed by atoms with Crippen LogP contribution in [0.15, 0.2) is 54.9 Å². The van der Waals surface area contributed by atoms with Crippen molar-refractivity contribution in [1.29, 1.82) is 0 Å². The van der Waals surface area contributed by atoms with Gasteiger partial charge in [-0.15, -0.1) is 15.3 Å². The van der Waals surface area contributed by atoms with E-state index >= 15 is 0 Å². The van der Waals surface area contributed by atoms with E-state index in [1.54, 1.807) is 59.4 Å². The number of ether oxygens (including phenoxy) is 1. The molecule has 118 valence electrons. The van der Waals surface area contributed by atoms with E-state index in [1.165, 1.54) is 0 Å². The largest absolute Gasteiger partial charge is 0.436 e. The van der Waals surface area contributed by atoms with Crippen LogP contribution < -0.4 is 4.74 Å². The number of halogens is 2. The lowest BCUT2D eigenvalue weighted by Crippen LogP contribution is -1.98. The van der Waals surface area contributed by atoms with E-state index in [0.29, 0.717) is 38.7 Å². The fourth-order valence-corrected chi connectivity index (χ4v) is 2.74. The van der Waals surface area contributed by atoms with E-state index < -0.39 is 0 Å². The summed E-state index contributed by atoms with van der Waals surface area (Å²) in [4.78, 5) is 4.00. The van der Waals surface area contributed by atoms with Gasteiger partial charge in [0, 0.05) is 27.9 Å². The summed E-state index contributed by atoms with van der Waals surface area (Å²) in [6, 6.07) is 12.2. The Morgan fingerprint density at radius 1 is 0.958 bits per heavy atom. The van der Waals surface area contributed by atoms with Gasteiger partial charge in [0.25, 0.3) is 0 Å². The average molecular weight is 358 g/mol. The predicted octanol–water partition coefficient (Wildman–Crippen LogP) is 4.29. The molecular weight excluding hydrogens is 349 g/mol. The van der Waals surface area contributed by atoms with Crippen molar-refractivity contribution in [1.82, 2.24) is 24.8 Å². The fourth-order valence-electron chi connectivity index (χ4n) is 2.22. The van der Waals surface area contributed by atoms with E-state index in [0.717, 1.165) is 0 Å². The topological polar surface area (TPSA) is 65.2 Å². The summed E-state index contributed by atoms with van der Waals surface area (Å²) in [6.45, 7) is 0. The van der Waals surface area contributed by atoms with Gasteiger partial charge in [0.1, 0.15) is 5.75 Å². The van der Waals surface area contributed by atoms with Crippen molar-refractivity contribution in [2.75, 3.05) is 0 Å². The summed E-state index contributed by atoms with van der Waals surface area (Å²) in [5.41, 5.74) is 1.30. The SMILES string of the molecule is Clc1cc(Cl)cc(-c2nnc3ccc(Oc4cccnc4)nn23)c1. The molecule has 1 aromatic carbocycles. The maximum Gasteiger partial charge on any atom is 0.237 e. The quantitative estimate of drug-likeness (QED) is 0.547. The van der Waals surface area contributed by atoms with Crippen molar-refractivity contribution in [2.24, 2.45) is 0 Å². The smallest absolute Gasteiger partial charge is 0.237 e. The number of benzene rings is 1. The zero-order valence-corrected chi connectivity index (χ0v) is 13.6. The molecule has 0 fully saturated rings. The summed E-state index contributed by atoms with van der Waals surface area (Å²) in [5, 5.41) is 13.7. The lowest BCUT2D eigenvalue weighted by molar-refractivity contribution is 0.451. The van der Waals surface area contributed by atoms with Crippen molar-refractivity contribution in [2.45, 2.75) is 0 Å². The molecule has 0 unspecified atom stereocenters. The van der Waals surface area contributed by atoms with Crippen LogP contribution in [0.5, 0.6) is 11.6 Å². The Morgan fingerprint density at radius 3 is 2.54 bits per heavy atom. The number of nitrogens with zero attached hydrogens (tertiary/aromatic N) is 5. The molecule has 0 radical (unpaired) electrons. The minimum atomic E-state index is 0.393. The maximum atomic E-state index is 6.06. The second-order valence-electron chi connectivity index (χ2n) is 4.91. The van der Waals surface area contributed by atoms with Gasteiger partial charge in [-0.25, -0.2) is 0 Å². The molecule has 0 aliphatic rings. The zero-order valence-electron chi connectivity index (χ0n) is 12.1. The summed E-state index contributed by atoms with van der Waals surface area (Å²) in [7, 11) is 0. The highest BCUT2D eigenvalue weighted by molar-refractivity contribution is 6.35. The highest BCUT2D eigenvalue weighted by Crippen LogP contribution is 2.27. The summed E-state index contributed by atoms with van der Waals surface area (Å²) in [6.07, 6.45) is 3.28. The summed E-state index contributed by atoms with van der Waals surface area (Å²) in [5.74, 6) is 1.50. The van der Waals surface area contributed by atoms with Crippen molar-refractivity contribution >= 4 is 28.8 Å². The molecular formula is C16H9Cl2N5O. The first kappa shape index (κ1) is 14.9. The number of rotatable bonds is 3. The van der Waals surface area contributed by atoms with Crippen LogP contribution in [-0.4, -0.2) is 24.8 Å². The van der Waals surface area contributed by atoms with Crippen molar-refractivity contribution in [3.8, 4) is 23.0 Å². The van der Waals surface area contributed by atoms with Gasteiger partial charge in [-0.05, 0) is 36.4 Å². The van der Waals surface area contributed by atoms with E-state index in [1.807, 2.05) is 0 Å². The second-order valence-corrected chi connectivity index (χ2v) is 5.79. The van der Waals surface area contributed by atoms with Crippen molar-refractivity contribution in [3.05, 3.63) is 64.9 Å². The van der Waals surface area contributed by atoms with Crippen LogP contribution in [-0.2, 0) is 0 Å². The number of fused-ring (bicyclic) bond motifs is 1. The Hall–Kier alpha value is -2.70. The van der Waals surface area contributed by atoms with Crippen LogP contribution in [0, 0.1) is 0 Å². The molecule has 0 aliphatic heterocycles. The lowest BCUT2D eigenvalue weighted by Gasteiger charge is -2.05. The normalized spacial score (nSPS) is 10.9. The van der Waals surface area contributed by atoms with Crippen molar-refractivity contribution < 1.29 is 4.74 Å². The fraction of sp³-hybridized carbons (Fsp3) is 0. The van der Waals surface area contributed by atoms with Crippen molar-refractivity contribution in [3.63, 3.8) is 0 Å². The first-order chi connectivity index (χ1) is 11.7. The second kappa shape index (κ2) is 6.07. The van der Waals surface area contributed by atoms with E-state index in [9.17, 15) is 0 Å². The molecule has 0 atom stereocenters. The van der Waals surface area contributed by atoms with E-state index in [4.69, 9.17) is 27.9 Å². The molecule has 0 aliphatic carbocycles. The molecule has 3 aromatic heterocycles. The maximum absolute atomic E-state index is 6.06. The first-order valence-electron chi connectivity index (χ1n) is 6.96. The van der Waals surface area contributed by atoms with Crippen LogP contribution in [0.2, 0.25) is 10.0 Å². The molecule has 0 N–H and O–H groups in total. The van der Waals surface area contributed by atoms with Crippen LogP contribution in [0.25, 0.3) is 17.0 Å². The van der Waals surface area contributed by atoms with Gasteiger partial charge in [0.05, 0.1) is 6.20 Å². The molecule has 0 amide bonds. The molecule has 4 rings (SSSR count). The van der Waals surface area contributed by atoms with Crippen LogP contribution in [0.1, 0.15) is 0 Å². The van der Waals surface area contributed by atoms with Gasteiger partial charge in [0.2, 0.25) is 5.88 Å². The number of hydrogen-bond donors (Lipinski definition) is 0. The Labute approximate surface area is 146 Å². The molecule has 0 saturated carbocycles. The van der Waals surface area contributed by atoms with Gasteiger partial charge >= 0.3 is 0 Å². The van der Waals surface area contributed by atoms with E-state index in [-0.39, 0.29) is 0 Å². The molecule has 24 heavy (non-hydrogen) atoms. The van der Waals surface area contributed by atoms with Crippen LogP contribution in [0.4, 0.5) is 0 Å². The Balaban J connectivity index is 1.78. The van der Waals surface area contributed by atoms with E-state index in [2.05, 4.69) is 20.3 Å².